The molecular formula is C5H7B2F3O4. The molecule has 0 N–H and O–H groups in total. The normalized spacial score (nSPS) is 28.9. The van der Waals surface area contributed by atoms with Crippen molar-refractivity contribution >= 4 is 14.0 Å². The van der Waals surface area contributed by atoms with E-state index in [4.69, 9.17) is 14.0 Å². The molecule has 0 aromatic heterocycles. The SMILES string of the molecule is FC(F)(F)C1COB(B2OCCO2)O1. The third-order valence-electron chi connectivity index (χ3n) is 1.95. The second kappa shape index (κ2) is 3.73. The molecule has 4 nitrogen and oxygen atoms in total. The van der Waals surface area contributed by atoms with Crippen LogP contribution < -0.4 is 0 Å². The predicted octanol–water partition coefficient (Wildman–Crippen LogP) is 0.0657. The van der Waals surface area contributed by atoms with Crippen molar-refractivity contribution in [2.45, 2.75) is 12.3 Å². The van der Waals surface area contributed by atoms with Crippen molar-refractivity contribution in [2.75, 3.05) is 19.8 Å². The van der Waals surface area contributed by atoms with Crippen molar-refractivity contribution in [3.63, 3.8) is 0 Å². The van der Waals surface area contributed by atoms with E-state index in [9.17, 15) is 13.2 Å². The van der Waals surface area contributed by atoms with Crippen molar-refractivity contribution in [1.29, 1.82) is 0 Å². The van der Waals surface area contributed by atoms with E-state index >= 15 is 0 Å². The minimum atomic E-state index is -4.40. The summed E-state index contributed by atoms with van der Waals surface area (Å²) < 4.78 is 55.7. The zero-order valence-electron chi connectivity index (χ0n) is 7.12. The molecule has 2 aliphatic rings. The van der Waals surface area contributed by atoms with Crippen molar-refractivity contribution < 1.29 is 31.8 Å². The first kappa shape index (κ1) is 10.3. The lowest BCUT2D eigenvalue weighted by molar-refractivity contribution is -0.190. The highest BCUT2D eigenvalue weighted by Crippen LogP contribution is 2.28. The highest BCUT2D eigenvalue weighted by atomic mass is 19.4. The van der Waals surface area contributed by atoms with Crippen LogP contribution in [0.15, 0.2) is 0 Å². The number of halogens is 3. The van der Waals surface area contributed by atoms with Gasteiger partial charge in [-0.3, -0.25) is 0 Å². The third-order valence-corrected chi connectivity index (χ3v) is 1.95. The van der Waals surface area contributed by atoms with Gasteiger partial charge in [0.05, 0.1) is 19.8 Å². The molecule has 78 valence electrons. The van der Waals surface area contributed by atoms with Gasteiger partial charge in [-0.1, -0.05) is 0 Å². The van der Waals surface area contributed by atoms with Crippen LogP contribution in [0.3, 0.4) is 0 Å². The zero-order chi connectivity index (χ0) is 10.2. The summed E-state index contributed by atoms with van der Waals surface area (Å²) in [5.74, 6) is 0. The van der Waals surface area contributed by atoms with E-state index in [1.54, 1.807) is 0 Å². The van der Waals surface area contributed by atoms with Gasteiger partial charge in [0, 0.05) is 0 Å². The molecule has 2 rings (SSSR count). The van der Waals surface area contributed by atoms with E-state index in [0.29, 0.717) is 13.2 Å². The van der Waals surface area contributed by atoms with Crippen molar-refractivity contribution in [3.05, 3.63) is 0 Å². The Morgan fingerprint density at radius 1 is 1.00 bits per heavy atom. The first-order valence-corrected chi connectivity index (χ1v) is 4.14. The van der Waals surface area contributed by atoms with Gasteiger partial charge in [-0.25, -0.2) is 0 Å². The largest absolute Gasteiger partial charge is 0.488 e. The van der Waals surface area contributed by atoms with Crippen LogP contribution >= 0.6 is 0 Å². The summed E-state index contributed by atoms with van der Waals surface area (Å²) in [4.78, 5) is 0. The van der Waals surface area contributed by atoms with E-state index in [2.05, 4.69) is 4.65 Å². The fourth-order valence-electron chi connectivity index (χ4n) is 1.27. The van der Waals surface area contributed by atoms with Gasteiger partial charge < -0.3 is 18.6 Å². The smallest absolute Gasteiger partial charge is 0.411 e. The monoisotopic (exact) mass is 210 g/mol. The molecule has 1 atom stereocenters. The van der Waals surface area contributed by atoms with Crippen molar-refractivity contribution in [2.24, 2.45) is 0 Å². The van der Waals surface area contributed by atoms with Crippen LogP contribution in [-0.4, -0.2) is 46.1 Å². The molecule has 2 fully saturated rings. The third kappa shape index (κ3) is 2.05. The van der Waals surface area contributed by atoms with E-state index in [1.807, 2.05) is 0 Å². The molecule has 0 bridgehead atoms. The Balaban J connectivity index is 1.88. The van der Waals surface area contributed by atoms with Crippen LogP contribution in [0, 0.1) is 0 Å². The highest BCUT2D eigenvalue weighted by molar-refractivity contribution is 7.11. The Kier molecular flexibility index (Phi) is 2.74. The summed E-state index contributed by atoms with van der Waals surface area (Å²) in [5, 5.41) is 0. The molecule has 0 aromatic carbocycles. The molecule has 1 unspecified atom stereocenters. The molecule has 0 spiro atoms. The van der Waals surface area contributed by atoms with E-state index < -0.39 is 32.9 Å². The van der Waals surface area contributed by atoms with Crippen LogP contribution in [-0.2, 0) is 18.6 Å². The lowest BCUT2D eigenvalue weighted by atomic mass is 9.49. The second-order valence-corrected chi connectivity index (χ2v) is 2.98. The number of alkyl halides is 3. The van der Waals surface area contributed by atoms with Gasteiger partial charge in [-0.05, 0) is 0 Å². The highest BCUT2D eigenvalue weighted by Gasteiger charge is 2.54. The minimum absolute atomic E-state index is 0.352. The maximum absolute atomic E-state index is 12.1. The average molecular weight is 210 g/mol. The Bertz CT molecular complexity index is 208. The average Bonchev–Trinajstić information content (AvgIpc) is 2.73. The Morgan fingerprint density at radius 2 is 1.64 bits per heavy atom. The van der Waals surface area contributed by atoms with Gasteiger partial charge in [-0.2, -0.15) is 13.2 Å². The summed E-state index contributed by atoms with van der Waals surface area (Å²) in [6.07, 6.45) is -6.27. The molecule has 0 aromatic rings. The summed E-state index contributed by atoms with van der Waals surface area (Å²) in [5.41, 5.74) is 0. The van der Waals surface area contributed by atoms with Gasteiger partial charge in [0.15, 0.2) is 6.10 Å². The zero-order valence-corrected chi connectivity index (χ0v) is 7.12. The Hall–Kier alpha value is -0.240. The Morgan fingerprint density at radius 3 is 2.14 bits per heavy atom. The fourth-order valence-corrected chi connectivity index (χ4v) is 1.27. The molecule has 2 saturated heterocycles. The molecule has 2 heterocycles. The van der Waals surface area contributed by atoms with Crippen molar-refractivity contribution in [3.8, 4) is 0 Å². The number of hydrogen-bond acceptors (Lipinski definition) is 4. The van der Waals surface area contributed by atoms with Crippen LogP contribution in [0.25, 0.3) is 0 Å². The summed E-state index contributed by atoms with van der Waals surface area (Å²) in [6, 6.07) is 0. The van der Waals surface area contributed by atoms with Crippen LogP contribution in [0.1, 0.15) is 0 Å². The van der Waals surface area contributed by atoms with Crippen LogP contribution in [0.5, 0.6) is 0 Å². The van der Waals surface area contributed by atoms with E-state index in [1.165, 1.54) is 0 Å². The first-order valence-electron chi connectivity index (χ1n) is 4.14. The number of hydrogen-bond donors (Lipinski definition) is 0. The first-order chi connectivity index (χ1) is 6.57. The molecule has 14 heavy (non-hydrogen) atoms. The molecular weight excluding hydrogens is 203 g/mol. The summed E-state index contributed by atoms with van der Waals surface area (Å²) in [7, 11) is -1.90. The van der Waals surface area contributed by atoms with Gasteiger partial charge in [0.2, 0.25) is 0 Å². The molecule has 0 aliphatic carbocycles. The van der Waals surface area contributed by atoms with Crippen molar-refractivity contribution in [1.82, 2.24) is 0 Å². The fraction of sp³-hybridized carbons (Fsp3) is 1.00. The molecule has 0 saturated carbocycles. The van der Waals surface area contributed by atoms with Crippen LogP contribution in [0.4, 0.5) is 13.2 Å². The van der Waals surface area contributed by atoms with Gasteiger partial charge in [0.25, 0.3) is 0 Å². The predicted molar refractivity (Wildman–Crippen MR) is 40.3 cm³/mol. The van der Waals surface area contributed by atoms with Gasteiger partial charge >= 0.3 is 20.2 Å². The molecule has 9 heteroatoms. The topological polar surface area (TPSA) is 36.9 Å². The maximum Gasteiger partial charge on any atom is 0.488 e. The number of rotatable bonds is 1. The van der Waals surface area contributed by atoms with E-state index in [-0.39, 0.29) is 0 Å². The standard InChI is InChI=1S/C5H7B2F3O4/c8-5(9,10)4-3-13-7(14-4)6-11-1-2-12-6/h4H,1-3H2. The summed E-state index contributed by atoms with van der Waals surface area (Å²) >= 11 is 0. The molecule has 0 radical (unpaired) electrons. The molecule has 0 amide bonds. The second-order valence-electron chi connectivity index (χ2n) is 2.98. The van der Waals surface area contributed by atoms with Gasteiger partial charge in [0.1, 0.15) is 0 Å². The summed E-state index contributed by atoms with van der Waals surface area (Å²) in [6.45, 7) is 0.201. The van der Waals surface area contributed by atoms with Gasteiger partial charge in [-0.15, -0.1) is 0 Å². The molecule has 2 aliphatic heterocycles. The lowest BCUT2D eigenvalue weighted by Crippen LogP contribution is -2.41. The van der Waals surface area contributed by atoms with Crippen LogP contribution in [0.2, 0.25) is 0 Å². The lowest BCUT2D eigenvalue weighted by Gasteiger charge is -2.13. The van der Waals surface area contributed by atoms with E-state index in [0.717, 1.165) is 0 Å². The Labute approximate surface area is 78.9 Å². The minimum Gasteiger partial charge on any atom is -0.411 e. The quantitative estimate of drug-likeness (QED) is 0.573. The maximum atomic E-state index is 12.1.